The van der Waals surface area contributed by atoms with Crippen LogP contribution in [-0.4, -0.2) is 59.3 Å². The van der Waals surface area contributed by atoms with E-state index in [0.29, 0.717) is 13.1 Å². The van der Waals surface area contributed by atoms with Gasteiger partial charge in [0.1, 0.15) is 6.61 Å². The number of amides is 1. The molecule has 1 heterocycles. The van der Waals surface area contributed by atoms with Gasteiger partial charge in [0.2, 0.25) is 0 Å². The van der Waals surface area contributed by atoms with Gasteiger partial charge < -0.3 is 14.7 Å². The fourth-order valence-corrected chi connectivity index (χ4v) is 3.32. The van der Waals surface area contributed by atoms with E-state index in [0.717, 1.165) is 24.1 Å². The zero-order valence-electron chi connectivity index (χ0n) is 14.5. The van der Waals surface area contributed by atoms with Gasteiger partial charge >= 0.3 is 12.1 Å². The highest BCUT2D eigenvalue weighted by Crippen LogP contribution is 2.45. The number of benzene rings is 1. The highest BCUT2D eigenvalue weighted by molar-refractivity contribution is 5.68. The van der Waals surface area contributed by atoms with Gasteiger partial charge in [-0.3, -0.25) is 19.8 Å². The molecule has 0 aromatic heterocycles. The fraction of sp³-hybridized carbons (Fsp3) is 0.529. The van der Waals surface area contributed by atoms with Crippen molar-refractivity contribution >= 4 is 23.4 Å². The van der Waals surface area contributed by atoms with Gasteiger partial charge in [-0.25, -0.2) is 4.79 Å². The molecule has 1 saturated heterocycles. The summed E-state index contributed by atoms with van der Waals surface area (Å²) in [5, 5.41) is 20.6. The summed E-state index contributed by atoms with van der Waals surface area (Å²) in [6.45, 7) is 2.38. The van der Waals surface area contributed by atoms with E-state index in [1.807, 2.05) is 11.0 Å². The van der Waals surface area contributed by atoms with E-state index in [1.54, 1.807) is 6.07 Å². The monoisotopic (exact) mass is 363 g/mol. The average Bonchev–Trinajstić information content (AvgIpc) is 3.44. The Morgan fingerprint density at radius 1 is 1.35 bits per heavy atom. The summed E-state index contributed by atoms with van der Waals surface area (Å²) in [5.74, 6) is -0.230. The van der Waals surface area contributed by atoms with Gasteiger partial charge in [-0.2, -0.15) is 0 Å². The Morgan fingerprint density at radius 3 is 2.65 bits per heavy atom. The van der Waals surface area contributed by atoms with Crippen molar-refractivity contribution in [3.63, 3.8) is 0 Å². The molecule has 9 nitrogen and oxygen atoms in total. The molecule has 2 aliphatic rings. The van der Waals surface area contributed by atoms with E-state index in [9.17, 15) is 24.8 Å². The summed E-state index contributed by atoms with van der Waals surface area (Å²) in [7, 11) is 0. The van der Waals surface area contributed by atoms with E-state index in [-0.39, 0.29) is 29.7 Å². The van der Waals surface area contributed by atoms with Gasteiger partial charge in [0, 0.05) is 43.9 Å². The molecule has 1 saturated carbocycles. The smallest absolute Gasteiger partial charge is 0.407 e. The second-order valence-electron chi connectivity index (χ2n) is 6.65. The van der Waals surface area contributed by atoms with Gasteiger partial charge in [-0.05, 0) is 30.9 Å². The molecule has 140 valence electrons. The van der Waals surface area contributed by atoms with Crippen LogP contribution in [0.1, 0.15) is 31.2 Å². The van der Waals surface area contributed by atoms with Crippen molar-refractivity contribution in [2.75, 3.05) is 31.1 Å². The van der Waals surface area contributed by atoms with Crippen molar-refractivity contribution in [2.24, 2.45) is 0 Å². The minimum atomic E-state index is -1.05. The van der Waals surface area contributed by atoms with Crippen LogP contribution >= 0.6 is 0 Å². The van der Waals surface area contributed by atoms with E-state index in [2.05, 4.69) is 0 Å². The third-order valence-corrected chi connectivity index (χ3v) is 4.80. The highest BCUT2D eigenvalue weighted by atomic mass is 16.6. The van der Waals surface area contributed by atoms with Crippen molar-refractivity contribution in [1.29, 1.82) is 0 Å². The number of ether oxygens (including phenoxy) is 1. The molecule has 1 amide bonds. The van der Waals surface area contributed by atoms with E-state index >= 15 is 0 Å². The number of carbonyl (C=O) groups is 2. The number of nitro groups is 1. The van der Waals surface area contributed by atoms with Crippen LogP contribution in [0.25, 0.3) is 0 Å². The molecule has 1 aliphatic carbocycles. The predicted molar refractivity (Wildman–Crippen MR) is 92.4 cm³/mol. The zero-order chi connectivity index (χ0) is 18.8. The summed E-state index contributed by atoms with van der Waals surface area (Å²) in [4.78, 5) is 36.6. The Hall–Kier alpha value is -2.84. The lowest BCUT2D eigenvalue weighted by molar-refractivity contribution is -0.385. The molecule has 2 fully saturated rings. The van der Waals surface area contributed by atoms with Crippen molar-refractivity contribution in [3.05, 3.63) is 33.9 Å². The first-order valence-electron chi connectivity index (χ1n) is 8.53. The number of carbonyl (C=O) groups excluding carboxylic acids is 1. The molecule has 9 heteroatoms. The minimum Gasteiger partial charge on any atom is -0.465 e. The minimum absolute atomic E-state index is 0.0133. The molecule has 1 aromatic carbocycles. The van der Waals surface area contributed by atoms with Crippen LogP contribution in [0.5, 0.6) is 0 Å². The van der Waals surface area contributed by atoms with Crippen molar-refractivity contribution in [2.45, 2.75) is 31.7 Å². The van der Waals surface area contributed by atoms with Crippen LogP contribution < -0.4 is 4.90 Å². The van der Waals surface area contributed by atoms with E-state index in [1.165, 1.54) is 17.9 Å². The molecule has 0 spiro atoms. The van der Waals surface area contributed by atoms with Crippen LogP contribution in [0.4, 0.5) is 16.2 Å². The molecule has 1 aromatic rings. The third kappa shape index (κ3) is 3.87. The lowest BCUT2D eigenvalue weighted by atomic mass is 10.1. The molecule has 3 rings (SSSR count). The number of hydrogen-bond acceptors (Lipinski definition) is 6. The third-order valence-electron chi connectivity index (χ3n) is 4.80. The number of anilines is 1. The molecule has 1 aliphatic heterocycles. The summed E-state index contributed by atoms with van der Waals surface area (Å²) in [6.07, 6.45) is 0.849. The van der Waals surface area contributed by atoms with Crippen molar-refractivity contribution < 1.29 is 24.4 Å². The van der Waals surface area contributed by atoms with Gasteiger partial charge in [0.25, 0.3) is 5.69 Å². The van der Waals surface area contributed by atoms with Crippen molar-refractivity contribution in [1.82, 2.24) is 4.90 Å². The topological polar surface area (TPSA) is 113 Å². The van der Waals surface area contributed by atoms with Crippen LogP contribution in [0, 0.1) is 10.1 Å². The maximum Gasteiger partial charge on any atom is 0.407 e. The Balaban J connectivity index is 1.80. The van der Waals surface area contributed by atoms with Crippen molar-refractivity contribution in [3.8, 4) is 0 Å². The average molecular weight is 363 g/mol. The first-order valence-corrected chi connectivity index (χ1v) is 8.53. The second-order valence-corrected chi connectivity index (χ2v) is 6.65. The largest absolute Gasteiger partial charge is 0.465 e. The molecule has 26 heavy (non-hydrogen) atoms. The molecule has 1 N–H and O–H groups in total. The Bertz CT molecular complexity index is 733. The molecular formula is C17H21N3O6. The number of carboxylic acid groups (broad SMARTS) is 1. The zero-order valence-corrected chi connectivity index (χ0v) is 14.5. The summed E-state index contributed by atoms with van der Waals surface area (Å²) in [6, 6.07) is 4.58. The molecular weight excluding hydrogens is 342 g/mol. The lowest BCUT2D eigenvalue weighted by Gasteiger charge is -2.40. The van der Waals surface area contributed by atoms with E-state index in [4.69, 9.17) is 4.74 Å². The predicted octanol–water partition coefficient (Wildman–Crippen LogP) is 2.20. The number of rotatable bonds is 5. The highest BCUT2D eigenvalue weighted by Gasteiger charge is 2.34. The number of esters is 1. The summed E-state index contributed by atoms with van der Waals surface area (Å²) >= 11 is 0. The molecule has 0 radical (unpaired) electrons. The summed E-state index contributed by atoms with van der Waals surface area (Å²) in [5.41, 5.74) is 1.71. The SMILES string of the molecule is CC(=O)OCC1CN(c2ccc([N+](=O)[O-])c(C3CC3)c2)CCN1C(=O)O. The number of nitrogens with zero attached hydrogens (tertiary/aromatic N) is 3. The lowest BCUT2D eigenvalue weighted by Crippen LogP contribution is -2.56. The summed E-state index contributed by atoms with van der Waals surface area (Å²) < 4.78 is 5.01. The number of nitro benzene ring substituents is 1. The quantitative estimate of drug-likeness (QED) is 0.485. The van der Waals surface area contributed by atoms with Crippen LogP contribution in [0.15, 0.2) is 18.2 Å². The van der Waals surface area contributed by atoms with Gasteiger partial charge in [0.15, 0.2) is 0 Å². The van der Waals surface area contributed by atoms with E-state index < -0.39 is 18.1 Å². The molecule has 0 bridgehead atoms. The maximum atomic E-state index is 11.4. The van der Waals surface area contributed by atoms with Gasteiger partial charge in [0.05, 0.1) is 11.0 Å². The Labute approximate surface area is 150 Å². The number of piperazine rings is 1. The normalized spacial score (nSPS) is 20.0. The van der Waals surface area contributed by atoms with Crippen LogP contribution in [-0.2, 0) is 9.53 Å². The fourth-order valence-electron chi connectivity index (χ4n) is 3.32. The van der Waals surface area contributed by atoms with Crippen LogP contribution in [0.2, 0.25) is 0 Å². The first-order chi connectivity index (χ1) is 12.4. The number of hydrogen-bond donors (Lipinski definition) is 1. The second kappa shape index (κ2) is 7.19. The molecule has 1 unspecified atom stereocenters. The maximum absolute atomic E-state index is 11.4. The Morgan fingerprint density at radius 2 is 2.08 bits per heavy atom. The van der Waals surface area contributed by atoms with Gasteiger partial charge in [-0.15, -0.1) is 0 Å². The standard InChI is InChI=1S/C17H21N3O6/c1-11(21)26-10-14-9-18(6-7-19(14)17(22)23)13-4-5-16(20(24)25)15(8-13)12-2-3-12/h4-5,8,12,14H,2-3,6-7,9-10H2,1H3,(H,22,23). The van der Waals surface area contributed by atoms with Crippen LogP contribution in [0.3, 0.4) is 0 Å². The van der Waals surface area contributed by atoms with Gasteiger partial charge in [-0.1, -0.05) is 0 Å². The molecule has 1 atom stereocenters. The first kappa shape index (κ1) is 18.0. The Kier molecular flexibility index (Phi) is 4.97.